The van der Waals surface area contributed by atoms with Gasteiger partial charge in [-0.2, -0.15) is 4.31 Å². The van der Waals surface area contributed by atoms with Gasteiger partial charge in [-0.1, -0.05) is 34.5 Å². The molecular formula is C21H22BrN3O3S. The Morgan fingerprint density at radius 1 is 1.00 bits per heavy atom. The number of amides is 1. The van der Waals surface area contributed by atoms with Crippen molar-refractivity contribution in [2.24, 2.45) is 0 Å². The summed E-state index contributed by atoms with van der Waals surface area (Å²) in [5.74, 6) is 0. The number of halogens is 1. The summed E-state index contributed by atoms with van der Waals surface area (Å²) in [7, 11) is -3.44. The number of hydrogen-bond donors (Lipinski definition) is 1. The van der Waals surface area contributed by atoms with Crippen molar-refractivity contribution in [3.63, 3.8) is 0 Å². The second-order valence-corrected chi connectivity index (χ2v) is 10.0. The third-order valence-electron chi connectivity index (χ3n) is 5.19. The Labute approximate surface area is 178 Å². The van der Waals surface area contributed by atoms with Crippen LogP contribution in [0.1, 0.15) is 24.8 Å². The molecule has 0 bridgehead atoms. The van der Waals surface area contributed by atoms with Crippen molar-refractivity contribution in [1.29, 1.82) is 0 Å². The van der Waals surface area contributed by atoms with Crippen molar-refractivity contribution in [2.45, 2.75) is 30.7 Å². The number of sulfonamides is 1. The summed E-state index contributed by atoms with van der Waals surface area (Å²) in [6.07, 6.45) is 4.64. The van der Waals surface area contributed by atoms with Crippen molar-refractivity contribution in [2.75, 3.05) is 13.1 Å². The summed E-state index contributed by atoms with van der Waals surface area (Å²) < 4.78 is 29.5. The Balaban J connectivity index is 1.43. The molecule has 0 spiro atoms. The van der Waals surface area contributed by atoms with Crippen LogP contribution >= 0.6 is 15.9 Å². The highest BCUT2D eigenvalue weighted by molar-refractivity contribution is 9.10. The number of piperidine rings is 1. The maximum atomic E-state index is 12.7. The minimum absolute atomic E-state index is 0.229. The van der Waals surface area contributed by atoms with Crippen molar-refractivity contribution < 1.29 is 13.2 Å². The zero-order chi connectivity index (χ0) is 20.4. The highest BCUT2D eigenvalue weighted by Crippen LogP contribution is 2.22. The molecule has 4 rings (SSSR count). The molecule has 1 aliphatic rings. The van der Waals surface area contributed by atoms with Gasteiger partial charge in [0.05, 0.1) is 10.4 Å². The van der Waals surface area contributed by atoms with E-state index in [4.69, 9.17) is 0 Å². The summed E-state index contributed by atoms with van der Waals surface area (Å²) in [6.45, 7) is 1.49. The SMILES string of the molecule is O=C(NCc1ccc(S(=O)(=O)N2CCCCC2)cc1)n1ccc2cc(Br)ccc21. The molecule has 0 atom stereocenters. The molecule has 0 aliphatic carbocycles. The quantitative estimate of drug-likeness (QED) is 0.609. The Morgan fingerprint density at radius 3 is 2.45 bits per heavy atom. The van der Waals surface area contributed by atoms with Crippen LogP contribution in [0.2, 0.25) is 0 Å². The van der Waals surface area contributed by atoms with E-state index in [2.05, 4.69) is 21.2 Å². The van der Waals surface area contributed by atoms with Crippen LogP contribution in [0.15, 0.2) is 64.1 Å². The number of nitrogens with one attached hydrogen (secondary N) is 1. The molecule has 0 radical (unpaired) electrons. The number of hydrogen-bond acceptors (Lipinski definition) is 3. The zero-order valence-corrected chi connectivity index (χ0v) is 18.2. The first kappa shape index (κ1) is 20.1. The minimum Gasteiger partial charge on any atom is -0.333 e. The monoisotopic (exact) mass is 475 g/mol. The minimum atomic E-state index is -3.44. The number of benzene rings is 2. The first-order valence-corrected chi connectivity index (χ1v) is 11.8. The van der Waals surface area contributed by atoms with Crippen molar-refractivity contribution in [3.8, 4) is 0 Å². The molecule has 6 nitrogen and oxygen atoms in total. The average Bonchev–Trinajstić information content (AvgIpc) is 3.16. The normalized spacial score (nSPS) is 15.5. The maximum absolute atomic E-state index is 12.7. The number of nitrogens with zero attached hydrogens (tertiary/aromatic N) is 2. The third kappa shape index (κ3) is 4.24. The molecular weight excluding hydrogens is 454 g/mol. The molecule has 29 heavy (non-hydrogen) atoms. The van der Waals surface area contributed by atoms with Gasteiger partial charge in [-0.25, -0.2) is 13.2 Å². The highest BCUT2D eigenvalue weighted by Gasteiger charge is 2.25. The van der Waals surface area contributed by atoms with E-state index in [0.29, 0.717) is 24.5 Å². The predicted molar refractivity (Wildman–Crippen MR) is 116 cm³/mol. The lowest BCUT2D eigenvalue weighted by Crippen LogP contribution is -2.35. The highest BCUT2D eigenvalue weighted by atomic mass is 79.9. The number of carbonyl (C=O) groups excluding carboxylic acids is 1. The lowest BCUT2D eigenvalue weighted by Gasteiger charge is -2.25. The van der Waals surface area contributed by atoms with Gasteiger partial charge in [-0.05, 0) is 54.8 Å². The number of aromatic nitrogens is 1. The summed E-state index contributed by atoms with van der Waals surface area (Å²) in [5, 5.41) is 3.86. The van der Waals surface area contributed by atoms with Gasteiger partial charge in [0.15, 0.2) is 0 Å². The van der Waals surface area contributed by atoms with Crippen molar-refractivity contribution in [1.82, 2.24) is 14.2 Å². The van der Waals surface area contributed by atoms with E-state index < -0.39 is 10.0 Å². The van der Waals surface area contributed by atoms with Crippen molar-refractivity contribution in [3.05, 3.63) is 64.8 Å². The van der Waals surface area contributed by atoms with Gasteiger partial charge >= 0.3 is 6.03 Å². The second-order valence-electron chi connectivity index (χ2n) is 7.16. The first-order chi connectivity index (χ1) is 13.9. The first-order valence-electron chi connectivity index (χ1n) is 9.59. The van der Waals surface area contributed by atoms with Crippen LogP contribution in [0.5, 0.6) is 0 Å². The van der Waals surface area contributed by atoms with Gasteiger partial charge in [0.25, 0.3) is 0 Å². The Kier molecular flexibility index (Phi) is 5.76. The molecule has 3 aromatic rings. The molecule has 1 fully saturated rings. The van der Waals surface area contributed by atoms with Crippen LogP contribution in [-0.4, -0.2) is 36.4 Å². The van der Waals surface area contributed by atoms with E-state index in [-0.39, 0.29) is 6.03 Å². The second kappa shape index (κ2) is 8.30. The molecule has 1 aromatic heterocycles. The Bertz CT molecular complexity index is 1130. The van der Waals surface area contributed by atoms with Crippen LogP contribution in [0.25, 0.3) is 10.9 Å². The molecule has 8 heteroatoms. The summed E-state index contributed by atoms with van der Waals surface area (Å²) in [4.78, 5) is 12.9. The van der Waals surface area contributed by atoms with Gasteiger partial charge in [-0.3, -0.25) is 4.57 Å². The van der Waals surface area contributed by atoms with Gasteiger partial charge in [-0.15, -0.1) is 0 Å². The average molecular weight is 476 g/mol. The molecule has 0 saturated carbocycles. The van der Waals surface area contributed by atoms with E-state index in [1.165, 1.54) is 0 Å². The van der Waals surface area contributed by atoms with Gasteiger partial charge < -0.3 is 5.32 Å². The van der Waals surface area contributed by atoms with Gasteiger partial charge in [0, 0.05) is 35.7 Å². The number of rotatable bonds is 4. The molecule has 1 amide bonds. The van der Waals surface area contributed by atoms with Gasteiger partial charge in [0.1, 0.15) is 0 Å². The fourth-order valence-corrected chi connectivity index (χ4v) is 5.48. The zero-order valence-electron chi connectivity index (χ0n) is 15.8. The molecule has 1 aliphatic heterocycles. The molecule has 2 aromatic carbocycles. The Hall–Kier alpha value is -2.16. The van der Waals surface area contributed by atoms with Crippen LogP contribution < -0.4 is 5.32 Å². The lowest BCUT2D eigenvalue weighted by atomic mass is 10.2. The van der Waals surface area contributed by atoms with Crippen molar-refractivity contribution >= 4 is 42.9 Å². The predicted octanol–water partition coefficient (Wildman–Crippen LogP) is 4.34. The Morgan fingerprint density at radius 2 is 1.72 bits per heavy atom. The van der Waals surface area contributed by atoms with Crippen LogP contribution in [-0.2, 0) is 16.6 Å². The fraction of sp³-hybridized carbons (Fsp3) is 0.286. The molecule has 2 heterocycles. The van der Waals surface area contributed by atoms with E-state index in [0.717, 1.165) is 40.2 Å². The van der Waals surface area contributed by atoms with Crippen LogP contribution in [0.3, 0.4) is 0 Å². The lowest BCUT2D eigenvalue weighted by molar-refractivity contribution is 0.243. The molecule has 152 valence electrons. The summed E-state index contributed by atoms with van der Waals surface area (Å²) in [5.41, 5.74) is 1.67. The van der Waals surface area contributed by atoms with Crippen LogP contribution in [0, 0.1) is 0 Å². The molecule has 1 saturated heterocycles. The third-order valence-corrected chi connectivity index (χ3v) is 7.60. The topological polar surface area (TPSA) is 71.4 Å². The number of fused-ring (bicyclic) bond motifs is 1. The summed E-state index contributed by atoms with van der Waals surface area (Å²) >= 11 is 3.43. The van der Waals surface area contributed by atoms with E-state index >= 15 is 0 Å². The van der Waals surface area contributed by atoms with E-state index in [1.54, 1.807) is 39.3 Å². The standard InChI is InChI=1S/C21H22BrN3O3S/c22-18-6-9-20-17(14-18)10-13-25(20)21(26)23-15-16-4-7-19(8-5-16)29(27,28)24-11-2-1-3-12-24/h4-10,13-14H,1-3,11-12,15H2,(H,23,26). The van der Waals surface area contributed by atoms with Gasteiger partial charge in [0.2, 0.25) is 10.0 Å². The molecule has 1 N–H and O–H groups in total. The maximum Gasteiger partial charge on any atom is 0.326 e. The summed E-state index contributed by atoms with van der Waals surface area (Å²) in [6, 6.07) is 14.1. The largest absolute Gasteiger partial charge is 0.333 e. The van der Waals surface area contributed by atoms with Crippen LogP contribution in [0.4, 0.5) is 4.79 Å². The fourth-order valence-electron chi connectivity index (χ4n) is 3.59. The smallest absolute Gasteiger partial charge is 0.326 e. The van der Waals surface area contributed by atoms with E-state index in [1.807, 2.05) is 24.3 Å². The van der Waals surface area contributed by atoms with E-state index in [9.17, 15) is 13.2 Å². The number of carbonyl (C=O) groups is 1. The molecule has 0 unspecified atom stereocenters.